The van der Waals surface area contributed by atoms with E-state index in [-0.39, 0.29) is 40.7 Å². The maximum atomic E-state index is 13.5. The van der Waals surface area contributed by atoms with Gasteiger partial charge in [-0.15, -0.1) is 18.3 Å². The van der Waals surface area contributed by atoms with Crippen LogP contribution < -0.4 is 5.32 Å². The summed E-state index contributed by atoms with van der Waals surface area (Å²) in [7, 11) is 0. The number of hydrogen-bond donors (Lipinski definition) is 2. The van der Waals surface area contributed by atoms with Crippen LogP contribution in [-0.4, -0.2) is 58.8 Å². The Morgan fingerprint density at radius 3 is 2.57 bits per heavy atom. The number of aliphatic hydroxyl groups excluding tert-OH is 1. The number of hydrogen-bond acceptors (Lipinski definition) is 7. The SMILES string of the molecule is C=C[C@]1(C)C[C@@H](OC(=O)CSC(C)(C)CNC(=O)OCC)[C@]2(C)[C@H](C)CC[C@]3(CCC(=O)[C@@H]32)[C@@H](C)[C@@H]1O. The van der Waals surface area contributed by atoms with Crippen LogP contribution in [0.2, 0.25) is 0 Å². The van der Waals surface area contributed by atoms with Crippen molar-refractivity contribution in [3.05, 3.63) is 12.7 Å². The van der Waals surface area contributed by atoms with E-state index in [0.29, 0.717) is 26.0 Å². The standard InChI is InChI=1S/C29H47NO6S/c1-9-27(7)15-21(36-22(32)16-37-26(5,6)17-30-25(34)35-10-2)28(8)18(3)11-13-29(19(4)24(27)33)14-12-20(31)23(28)29/h9,18-19,21,23-24,33H,1,10-17H2,2-8H3,(H,30,34)/t18-,19+,21-,23-,24+,27-,28+,29+/m1/s1. The number of carbonyl (C=O) groups is 3. The monoisotopic (exact) mass is 537 g/mol. The number of amides is 1. The lowest BCUT2D eigenvalue weighted by molar-refractivity contribution is -0.205. The van der Waals surface area contributed by atoms with Crippen LogP contribution in [0, 0.1) is 34.0 Å². The number of aliphatic hydroxyl groups is 1. The Kier molecular flexibility index (Phi) is 8.85. The number of esters is 1. The summed E-state index contributed by atoms with van der Waals surface area (Å²) in [6, 6.07) is 0. The summed E-state index contributed by atoms with van der Waals surface area (Å²) in [5.41, 5.74) is -1.46. The Morgan fingerprint density at radius 2 is 1.95 bits per heavy atom. The van der Waals surface area contributed by atoms with Crippen molar-refractivity contribution in [1.29, 1.82) is 0 Å². The summed E-state index contributed by atoms with van der Waals surface area (Å²) >= 11 is 1.41. The van der Waals surface area contributed by atoms with Crippen LogP contribution >= 0.6 is 11.8 Å². The van der Waals surface area contributed by atoms with E-state index in [1.807, 2.05) is 26.8 Å². The Morgan fingerprint density at radius 1 is 1.27 bits per heavy atom. The molecular formula is C29H47NO6S. The molecule has 3 aliphatic rings. The molecule has 2 N–H and O–H groups in total. The van der Waals surface area contributed by atoms with E-state index in [9.17, 15) is 19.5 Å². The molecule has 8 atom stereocenters. The van der Waals surface area contributed by atoms with Gasteiger partial charge >= 0.3 is 12.1 Å². The topological polar surface area (TPSA) is 102 Å². The third-order valence-corrected chi connectivity index (χ3v) is 11.4. The first-order valence-electron chi connectivity index (χ1n) is 13.8. The van der Waals surface area contributed by atoms with Gasteiger partial charge in [-0.05, 0) is 63.7 Å². The van der Waals surface area contributed by atoms with Crippen molar-refractivity contribution in [2.24, 2.45) is 34.0 Å². The number of Topliss-reactive ketones (excluding diaryl/α,β-unsaturated/α-hetero) is 1. The smallest absolute Gasteiger partial charge is 0.407 e. The molecule has 7 nitrogen and oxygen atoms in total. The van der Waals surface area contributed by atoms with Crippen molar-refractivity contribution < 1.29 is 29.0 Å². The molecule has 1 amide bonds. The zero-order chi connectivity index (χ0) is 27.8. The first-order chi connectivity index (χ1) is 17.2. The molecule has 0 aromatic rings. The second kappa shape index (κ2) is 10.9. The Labute approximate surface area is 226 Å². The number of nitrogens with one attached hydrogen (secondary N) is 1. The van der Waals surface area contributed by atoms with Gasteiger partial charge < -0.3 is 19.9 Å². The average molecular weight is 538 g/mol. The van der Waals surface area contributed by atoms with Gasteiger partial charge in [0.25, 0.3) is 0 Å². The summed E-state index contributed by atoms with van der Waals surface area (Å²) < 4.78 is 10.8. The summed E-state index contributed by atoms with van der Waals surface area (Å²) in [5.74, 6) is -0.0796. The highest BCUT2D eigenvalue weighted by Crippen LogP contribution is 2.68. The van der Waals surface area contributed by atoms with Gasteiger partial charge in [-0.1, -0.05) is 33.8 Å². The van der Waals surface area contributed by atoms with Crippen molar-refractivity contribution in [1.82, 2.24) is 5.32 Å². The molecule has 0 heterocycles. The largest absolute Gasteiger partial charge is 0.461 e. The maximum Gasteiger partial charge on any atom is 0.407 e. The van der Waals surface area contributed by atoms with Gasteiger partial charge in [0.15, 0.2) is 0 Å². The van der Waals surface area contributed by atoms with Crippen LogP contribution in [0.3, 0.4) is 0 Å². The molecule has 0 aromatic heterocycles. The van der Waals surface area contributed by atoms with Gasteiger partial charge in [0.1, 0.15) is 11.9 Å². The zero-order valence-corrected chi connectivity index (χ0v) is 24.5. The second-order valence-electron chi connectivity index (χ2n) is 12.7. The van der Waals surface area contributed by atoms with Gasteiger partial charge in [-0.3, -0.25) is 9.59 Å². The fraction of sp³-hybridized carbons (Fsp3) is 0.828. The number of thioether (sulfide) groups is 1. The van der Waals surface area contributed by atoms with E-state index in [4.69, 9.17) is 9.47 Å². The van der Waals surface area contributed by atoms with Crippen LogP contribution in [0.25, 0.3) is 0 Å². The number of ketones is 1. The number of alkyl carbamates (subject to hydrolysis) is 1. The highest BCUT2D eigenvalue weighted by Gasteiger charge is 2.68. The quantitative estimate of drug-likeness (QED) is 0.326. The third-order valence-electron chi connectivity index (χ3n) is 10.1. The molecule has 0 radical (unpaired) electrons. The van der Waals surface area contributed by atoms with Crippen LogP contribution in [0.15, 0.2) is 12.7 Å². The van der Waals surface area contributed by atoms with Crippen LogP contribution in [0.5, 0.6) is 0 Å². The number of rotatable bonds is 8. The molecule has 3 fully saturated rings. The lowest BCUT2D eigenvalue weighted by Gasteiger charge is -2.61. The fourth-order valence-corrected chi connectivity index (χ4v) is 8.22. The predicted octanol–water partition coefficient (Wildman–Crippen LogP) is 5.15. The Bertz CT molecular complexity index is 907. The molecule has 8 heteroatoms. The van der Waals surface area contributed by atoms with Crippen molar-refractivity contribution in [3.63, 3.8) is 0 Å². The minimum absolute atomic E-state index is 0.0568. The lowest BCUT2D eigenvalue weighted by Crippen LogP contribution is -2.63. The third kappa shape index (κ3) is 5.47. The van der Waals surface area contributed by atoms with Crippen molar-refractivity contribution in [3.8, 4) is 0 Å². The summed E-state index contributed by atoms with van der Waals surface area (Å²) in [4.78, 5) is 38.5. The molecule has 3 aliphatic carbocycles. The highest BCUT2D eigenvalue weighted by atomic mass is 32.2. The second-order valence-corrected chi connectivity index (χ2v) is 14.4. The van der Waals surface area contributed by atoms with E-state index < -0.39 is 33.9 Å². The normalized spacial score (nSPS) is 39.7. The Hall–Kier alpha value is -1.54. The summed E-state index contributed by atoms with van der Waals surface area (Å²) in [5, 5.41) is 14.4. The summed E-state index contributed by atoms with van der Waals surface area (Å²) in [6.07, 6.45) is 3.71. The van der Waals surface area contributed by atoms with Gasteiger partial charge in [0.2, 0.25) is 0 Å². The van der Waals surface area contributed by atoms with E-state index in [1.54, 1.807) is 6.92 Å². The molecule has 0 unspecified atom stereocenters. The molecule has 0 aliphatic heterocycles. The van der Waals surface area contributed by atoms with Gasteiger partial charge in [-0.25, -0.2) is 4.79 Å². The fourth-order valence-electron chi connectivity index (χ4n) is 7.47. The Balaban J connectivity index is 1.86. The average Bonchev–Trinajstić information content (AvgIpc) is 3.20. The van der Waals surface area contributed by atoms with Crippen molar-refractivity contribution in [2.45, 2.75) is 97.5 Å². The number of ether oxygens (including phenoxy) is 2. The van der Waals surface area contributed by atoms with Gasteiger partial charge in [0.05, 0.1) is 18.5 Å². The lowest BCUT2D eigenvalue weighted by atomic mass is 9.44. The maximum absolute atomic E-state index is 13.5. The van der Waals surface area contributed by atoms with Crippen molar-refractivity contribution >= 4 is 29.6 Å². The molecule has 2 bridgehead atoms. The van der Waals surface area contributed by atoms with Crippen molar-refractivity contribution in [2.75, 3.05) is 18.9 Å². The molecule has 210 valence electrons. The predicted molar refractivity (Wildman–Crippen MR) is 146 cm³/mol. The minimum atomic E-state index is -0.681. The molecule has 0 saturated heterocycles. The molecular weight excluding hydrogens is 490 g/mol. The molecule has 3 rings (SSSR count). The van der Waals surface area contributed by atoms with Gasteiger partial charge in [-0.2, -0.15) is 0 Å². The minimum Gasteiger partial charge on any atom is -0.461 e. The van der Waals surface area contributed by atoms with E-state index in [2.05, 4.69) is 32.7 Å². The van der Waals surface area contributed by atoms with E-state index in [0.717, 1.165) is 19.3 Å². The summed E-state index contributed by atoms with van der Waals surface area (Å²) in [6.45, 7) is 18.8. The van der Waals surface area contributed by atoms with Crippen LogP contribution in [0.1, 0.15) is 80.6 Å². The molecule has 0 aromatic carbocycles. The number of carbonyl (C=O) groups excluding carboxylic acids is 3. The molecule has 0 spiro atoms. The molecule has 37 heavy (non-hydrogen) atoms. The van der Waals surface area contributed by atoms with E-state index >= 15 is 0 Å². The zero-order valence-electron chi connectivity index (χ0n) is 23.7. The van der Waals surface area contributed by atoms with Crippen LogP contribution in [0.4, 0.5) is 4.79 Å². The van der Waals surface area contributed by atoms with Crippen LogP contribution in [-0.2, 0) is 19.1 Å². The first-order valence-corrected chi connectivity index (χ1v) is 14.7. The highest BCUT2D eigenvalue weighted by molar-refractivity contribution is 8.01. The first kappa shape index (κ1) is 30.0. The van der Waals surface area contributed by atoms with E-state index in [1.165, 1.54) is 11.8 Å². The van der Waals surface area contributed by atoms with Gasteiger partial charge in [0, 0.05) is 34.5 Å². The molecule has 3 saturated carbocycles.